The lowest BCUT2D eigenvalue weighted by molar-refractivity contribution is 0.528. The van der Waals surface area contributed by atoms with Gasteiger partial charge in [0, 0.05) is 6.42 Å². The molecule has 1 unspecified atom stereocenters. The van der Waals surface area contributed by atoms with Crippen molar-refractivity contribution in [2.24, 2.45) is 20.4 Å². The van der Waals surface area contributed by atoms with Crippen LogP contribution in [0.1, 0.15) is 29.5 Å². The molecule has 0 saturated carbocycles. The second-order valence-corrected chi connectivity index (χ2v) is 4.56. The summed E-state index contributed by atoms with van der Waals surface area (Å²) in [5.74, 6) is 2.17. The summed E-state index contributed by atoms with van der Waals surface area (Å²) in [5, 5.41) is 16.3. The zero-order chi connectivity index (χ0) is 13.8. The molecule has 20 heavy (non-hydrogen) atoms. The molecule has 2 heterocycles. The Morgan fingerprint density at radius 1 is 1.20 bits per heavy atom. The predicted octanol–water partition coefficient (Wildman–Crippen LogP) is 3.92. The summed E-state index contributed by atoms with van der Waals surface area (Å²) in [4.78, 5) is 0. The summed E-state index contributed by atoms with van der Waals surface area (Å²) in [5.41, 5.74) is 1.15. The van der Waals surface area contributed by atoms with E-state index < -0.39 is 0 Å². The minimum atomic E-state index is 0.0519. The third-order valence-corrected chi connectivity index (χ3v) is 2.99. The van der Waals surface area contributed by atoms with Crippen molar-refractivity contribution in [2.75, 3.05) is 0 Å². The number of aryl methyl sites for hydroxylation is 1. The van der Waals surface area contributed by atoms with Crippen LogP contribution in [0.2, 0.25) is 0 Å². The quantitative estimate of drug-likeness (QED) is 0.613. The van der Waals surface area contributed by atoms with Gasteiger partial charge in [0.2, 0.25) is 0 Å². The molecule has 1 aromatic carbocycles. The van der Waals surface area contributed by atoms with Gasteiger partial charge in [-0.1, -0.05) is 30.3 Å². The van der Waals surface area contributed by atoms with Crippen molar-refractivity contribution >= 4 is 12.1 Å². The fourth-order valence-electron chi connectivity index (χ4n) is 1.99. The maximum absolute atomic E-state index is 5.37. The van der Waals surface area contributed by atoms with Crippen LogP contribution in [0.25, 0.3) is 0 Å². The fourth-order valence-corrected chi connectivity index (χ4v) is 1.99. The molecule has 1 aliphatic rings. The molecular weight excluding hydrogens is 252 g/mol. The van der Waals surface area contributed by atoms with Crippen molar-refractivity contribution in [3.8, 4) is 0 Å². The Morgan fingerprint density at radius 2 is 2.05 bits per heavy atom. The number of amidine groups is 1. The highest BCUT2D eigenvalue weighted by atomic mass is 16.3. The molecular formula is C15H14N4O. The molecule has 1 aromatic heterocycles. The number of nitrogens with zero attached hydrogens (tertiary/aromatic N) is 4. The van der Waals surface area contributed by atoms with Crippen LogP contribution in [-0.2, 0) is 0 Å². The highest BCUT2D eigenvalue weighted by Crippen LogP contribution is 2.27. The average molecular weight is 266 g/mol. The van der Waals surface area contributed by atoms with Gasteiger partial charge in [0.15, 0.2) is 5.84 Å². The normalized spacial score (nSPS) is 20.2. The molecule has 1 atom stereocenters. The van der Waals surface area contributed by atoms with Gasteiger partial charge in [-0.15, -0.1) is 10.2 Å². The third-order valence-electron chi connectivity index (χ3n) is 2.99. The van der Waals surface area contributed by atoms with Crippen LogP contribution < -0.4 is 0 Å². The third kappa shape index (κ3) is 2.88. The highest BCUT2D eigenvalue weighted by molar-refractivity contribution is 5.85. The molecule has 100 valence electrons. The van der Waals surface area contributed by atoms with Gasteiger partial charge in [-0.2, -0.15) is 10.2 Å². The van der Waals surface area contributed by atoms with E-state index in [1.165, 1.54) is 0 Å². The Balaban J connectivity index is 1.64. The van der Waals surface area contributed by atoms with Gasteiger partial charge in [-0.3, -0.25) is 0 Å². The first-order valence-corrected chi connectivity index (χ1v) is 6.43. The predicted molar refractivity (Wildman–Crippen MR) is 77.1 cm³/mol. The Labute approximate surface area is 116 Å². The molecule has 5 heteroatoms. The van der Waals surface area contributed by atoms with Crippen molar-refractivity contribution in [3.63, 3.8) is 0 Å². The van der Waals surface area contributed by atoms with E-state index in [4.69, 9.17) is 4.42 Å². The topological polar surface area (TPSA) is 62.6 Å². The standard InChI is InChI=1S/C15H14N4O/c1-11-7-8-13(20-11)10-16-18-15-9-14(17-19-15)12-5-3-2-4-6-12/h2-8,10,14H,9H2,1H3. The van der Waals surface area contributed by atoms with Crippen molar-refractivity contribution in [1.82, 2.24) is 0 Å². The van der Waals surface area contributed by atoms with E-state index in [0.717, 1.165) is 11.3 Å². The van der Waals surface area contributed by atoms with Crippen LogP contribution in [0.3, 0.4) is 0 Å². The zero-order valence-electron chi connectivity index (χ0n) is 11.1. The largest absolute Gasteiger partial charge is 0.460 e. The molecule has 3 rings (SSSR count). The van der Waals surface area contributed by atoms with Gasteiger partial charge in [0.05, 0.1) is 6.21 Å². The minimum Gasteiger partial charge on any atom is -0.460 e. The second kappa shape index (κ2) is 5.61. The first-order valence-electron chi connectivity index (χ1n) is 6.43. The Hall–Kier alpha value is -2.56. The van der Waals surface area contributed by atoms with Crippen LogP contribution in [0.4, 0.5) is 0 Å². The van der Waals surface area contributed by atoms with Gasteiger partial charge in [0.1, 0.15) is 17.6 Å². The minimum absolute atomic E-state index is 0.0519. The van der Waals surface area contributed by atoms with Crippen molar-refractivity contribution in [3.05, 3.63) is 59.5 Å². The van der Waals surface area contributed by atoms with E-state index in [2.05, 4.69) is 20.4 Å². The van der Waals surface area contributed by atoms with Crippen molar-refractivity contribution < 1.29 is 4.42 Å². The van der Waals surface area contributed by atoms with Gasteiger partial charge in [-0.25, -0.2) is 0 Å². The first-order chi connectivity index (χ1) is 9.81. The van der Waals surface area contributed by atoms with Gasteiger partial charge in [-0.05, 0) is 24.6 Å². The van der Waals surface area contributed by atoms with Gasteiger partial charge in [0.25, 0.3) is 0 Å². The fraction of sp³-hybridized carbons (Fsp3) is 0.200. The molecule has 0 aliphatic carbocycles. The number of hydrogen-bond acceptors (Lipinski definition) is 4. The lowest BCUT2D eigenvalue weighted by atomic mass is 10.1. The summed E-state index contributed by atoms with van der Waals surface area (Å²) in [6, 6.07) is 13.9. The molecule has 0 amide bonds. The molecule has 0 radical (unpaired) electrons. The first kappa shape index (κ1) is 12.5. The molecule has 2 aromatic rings. The molecule has 0 N–H and O–H groups in total. The van der Waals surface area contributed by atoms with E-state index in [0.29, 0.717) is 18.0 Å². The van der Waals surface area contributed by atoms with Crippen LogP contribution in [-0.4, -0.2) is 12.1 Å². The Morgan fingerprint density at radius 3 is 2.80 bits per heavy atom. The number of azo groups is 1. The SMILES string of the molecule is Cc1ccc(C=NN=C2CC(c3ccccc3)N=N2)o1. The van der Waals surface area contributed by atoms with E-state index in [-0.39, 0.29) is 6.04 Å². The van der Waals surface area contributed by atoms with E-state index in [1.54, 1.807) is 6.21 Å². The smallest absolute Gasteiger partial charge is 0.175 e. The molecule has 0 saturated heterocycles. The summed E-state index contributed by atoms with van der Waals surface area (Å²) in [7, 11) is 0. The van der Waals surface area contributed by atoms with E-state index >= 15 is 0 Å². The summed E-state index contributed by atoms with van der Waals surface area (Å²) < 4.78 is 5.37. The lowest BCUT2D eigenvalue weighted by Crippen LogP contribution is -1.95. The molecule has 1 aliphatic heterocycles. The number of hydrogen-bond donors (Lipinski definition) is 0. The number of rotatable bonds is 3. The second-order valence-electron chi connectivity index (χ2n) is 4.56. The van der Waals surface area contributed by atoms with Gasteiger partial charge >= 0.3 is 0 Å². The van der Waals surface area contributed by atoms with Crippen LogP contribution in [0.5, 0.6) is 0 Å². The highest BCUT2D eigenvalue weighted by Gasteiger charge is 2.19. The van der Waals surface area contributed by atoms with Crippen LogP contribution in [0.15, 0.2) is 67.3 Å². The van der Waals surface area contributed by atoms with Crippen molar-refractivity contribution in [2.45, 2.75) is 19.4 Å². The van der Waals surface area contributed by atoms with Crippen molar-refractivity contribution in [1.29, 1.82) is 0 Å². The summed E-state index contributed by atoms with van der Waals surface area (Å²) in [6.07, 6.45) is 2.25. The van der Waals surface area contributed by atoms with Gasteiger partial charge < -0.3 is 4.42 Å². The zero-order valence-corrected chi connectivity index (χ0v) is 11.1. The average Bonchev–Trinajstić information content (AvgIpc) is 3.09. The Kier molecular flexibility index (Phi) is 3.50. The summed E-state index contributed by atoms with van der Waals surface area (Å²) >= 11 is 0. The molecule has 0 fully saturated rings. The van der Waals surface area contributed by atoms with Crippen LogP contribution in [0, 0.1) is 6.92 Å². The molecule has 0 spiro atoms. The van der Waals surface area contributed by atoms with Crippen LogP contribution >= 0.6 is 0 Å². The maximum atomic E-state index is 5.37. The monoisotopic (exact) mass is 266 g/mol. The van der Waals surface area contributed by atoms with E-state index in [1.807, 2.05) is 49.4 Å². The summed E-state index contributed by atoms with van der Waals surface area (Å²) in [6.45, 7) is 1.89. The lowest BCUT2D eigenvalue weighted by Gasteiger charge is -2.02. The number of benzene rings is 1. The maximum Gasteiger partial charge on any atom is 0.175 e. The van der Waals surface area contributed by atoms with E-state index in [9.17, 15) is 0 Å². The molecule has 5 nitrogen and oxygen atoms in total. The number of furan rings is 1. The molecule has 0 bridgehead atoms. The Bertz CT molecular complexity index is 670.